The number of aryl methyl sites for hydroxylation is 1. The van der Waals surface area contributed by atoms with Gasteiger partial charge < -0.3 is 10.6 Å². The van der Waals surface area contributed by atoms with E-state index in [4.69, 9.17) is 22.6 Å². The number of carbonyl (C=O) groups excluding carboxylic acids is 2. The number of halogens is 1. The predicted molar refractivity (Wildman–Crippen MR) is 130 cm³/mol. The third kappa shape index (κ3) is 4.68. The number of nitrogens with zero attached hydrogens (tertiary/aromatic N) is 4. The molecule has 1 fully saturated rings. The van der Waals surface area contributed by atoms with Gasteiger partial charge in [0, 0.05) is 42.2 Å². The van der Waals surface area contributed by atoms with Gasteiger partial charge in [-0.15, -0.1) is 0 Å². The molecule has 1 aromatic heterocycles. The summed E-state index contributed by atoms with van der Waals surface area (Å²) in [4.78, 5) is 26.2. The fraction of sp³-hybridized carbons (Fsp3) is 0.308. The number of carbonyl (C=O) groups is 2. The van der Waals surface area contributed by atoms with Gasteiger partial charge >= 0.3 is 0 Å². The summed E-state index contributed by atoms with van der Waals surface area (Å²) in [5.74, 6) is -0.464. The van der Waals surface area contributed by atoms with E-state index in [-0.39, 0.29) is 17.7 Å². The van der Waals surface area contributed by atoms with Crippen LogP contribution in [0.2, 0.25) is 5.02 Å². The Bertz CT molecular complexity index is 1300. The number of amides is 2. The molecule has 0 spiro atoms. The number of aromatic nitrogens is 2. The summed E-state index contributed by atoms with van der Waals surface area (Å²) in [6, 6.07) is 15.0. The second kappa shape index (κ2) is 9.70. The molecular weight excluding hydrogens is 450 g/mol. The molecule has 0 atom stereocenters. The van der Waals surface area contributed by atoms with Crippen LogP contribution in [0.25, 0.3) is 5.69 Å². The highest BCUT2D eigenvalue weighted by Gasteiger charge is 2.26. The van der Waals surface area contributed by atoms with E-state index in [9.17, 15) is 9.59 Å². The Morgan fingerprint density at radius 3 is 2.56 bits per heavy atom. The maximum Gasteiger partial charge on any atom is 0.253 e. The number of hydrogen-bond donors (Lipinski definition) is 1. The van der Waals surface area contributed by atoms with E-state index in [1.54, 1.807) is 17.0 Å². The molecule has 7 nitrogen and oxygen atoms in total. The molecule has 2 aromatic carbocycles. The summed E-state index contributed by atoms with van der Waals surface area (Å²) in [7, 11) is 0. The summed E-state index contributed by atoms with van der Waals surface area (Å²) in [5.41, 5.74) is 11.2. The monoisotopic (exact) mass is 475 g/mol. The first-order valence-electron chi connectivity index (χ1n) is 11.2. The van der Waals surface area contributed by atoms with Gasteiger partial charge in [-0.1, -0.05) is 23.7 Å². The van der Waals surface area contributed by atoms with Crippen LogP contribution in [0.3, 0.4) is 0 Å². The maximum absolute atomic E-state index is 13.0. The smallest absolute Gasteiger partial charge is 0.253 e. The van der Waals surface area contributed by atoms with Crippen molar-refractivity contribution in [3.8, 4) is 11.8 Å². The van der Waals surface area contributed by atoms with Crippen molar-refractivity contribution in [3.05, 3.63) is 81.1 Å². The van der Waals surface area contributed by atoms with Gasteiger partial charge in [0.1, 0.15) is 6.07 Å². The van der Waals surface area contributed by atoms with Crippen LogP contribution in [0.5, 0.6) is 0 Å². The molecule has 2 heterocycles. The first kappa shape index (κ1) is 23.5. The Kier molecular flexibility index (Phi) is 6.71. The highest BCUT2D eigenvalue weighted by molar-refractivity contribution is 6.31. The normalized spacial score (nSPS) is 14.1. The fourth-order valence-electron chi connectivity index (χ4n) is 4.48. The standard InChI is InChI=1S/C26H26ClN5O2/c1-16-23(17(2)32(30-16)22-7-6-21(15-28)24(27)14-22)13-18-4-3-5-20(12-18)26(34)31-10-8-19(9-11-31)25(29)33/h3-7,12,14,19H,8-11,13H2,1-2H3,(H2,29,33). The van der Waals surface area contributed by atoms with Gasteiger partial charge in [-0.2, -0.15) is 10.4 Å². The molecule has 8 heteroatoms. The second-order valence-corrected chi connectivity index (χ2v) is 9.09. The number of rotatable bonds is 5. The third-order valence-electron chi connectivity index (χ3n) is 6.50. The van der Waals surface area contributed by atoms with Crippen molar-refractivity contribution in [1.82, 2.24) is 14.7 Å². The van der Waals surface area contributed by atoms with Crippen molar-refractivity contribution in [2.75, 3.05) is 13.1 Å². The number of nitrogens with two attached hydrogens (primary N) is 1. The van der Waals surface area contributed by atoms with Crippen LogP contribution in [0.4, 0.5) is 0 Å². The Labute approximate surface area is 203 Å². The number of benzene rings is 2. The van der Waals surface area contributed by atoms with Crippen LogP contribution in [0.15, 0.2) is 42.5 Å². The van der Waals surface area contributed by atoms with E-state index < -0.39 is 0 Å². The summed E-state index contributed by atoms with van der Waals surface area (Å²) < 4.78 is 1.83. The summed E-state index contributed by atoms with van der Waals surface area (Å²) in [6.45, 7) is 5.03. The molecule has 1 saturated heterocycles. The lowest BCUT2D eigenvalue weighted by atomic mass is 9.95. The molecule has 0 aliphatic carbocycles. The highest BCUT2D eigenvalue weighted by Crippen LogP contribution is 2.25. The average Bonchev–Trinajstić information content (AvgIpc) is 3.12. The van der Waals surface area contributed by atoms with Crippen molar-refractivity contribution < 1.29 is 9.59 Å². The zero-order chi connectivity index (χ0) is 24.4. The largest absolute Gasteiger partial charge is 0.369 e. The summed E-state index contributed by atoms with van der Waals surface area (Å²) in [6.07, 6.45) is 1.85. The first-order valence-corrected chi connectivity index (χ1v) is 11.6. The van der Waals surface area contributed by atoms with E-state index in [2.05, 4.69) is 11.2 Å². The highest BCUT2D eigenvalue weighted by atomic mass is 35.5. The van der Waals surface area contributed by atoms with Gasteiger partial charge in [0.15, 0.2) is 0 Å². The van der Waals surface area contributed by atoms with E-state index in [1.807, 2.05) is 48.9 Å². The van der Waals surface area contributed by atoms with Crippen molar-refractivity contribution in [3.63, 3.8) is 0 Å². The number of primary amides is 1. The molecule has 3 aromatic rings. The third-order valence-corrected chi connectivity index (χ3v) is 6.81. The average molecular weight is 476 g/mol. The van der Waals surface area contributed by atoms with Crippen LogP contribution in [0.1, 0.15) is 51.3 Å². The Balaban J connectivity index is 1.54. The van der Waals surface area contributed by atoms with Crippen LogP contribution in [0, 0.1) is 31.1 Å². The van der Waals surface area contributed by atoms with Gasteiger partial charge in [0.2, 0.25) is 5.91 Å². The molecular formula is C26H26ClN5O2. The van der Waals surface area contributed by atoms with Gasteiger partial charge in [-0.05, 0) is 62.6 Å². The van der Waals surface area contributed by atoms with E-state index >= 15 is 0 Å². The Morgan fingerprint density at radius 2 is 1.91 bits per heavy atom. The number of hydrogen-bond acceptors (Lipinski definition) is 4. The van der Waals surface area contributed by atoms with E-state index in [1.165, 1.54) is 0 Å². The number of likely N-dealkylation sites (tertiary alicyclic amines) is 1. The van der Waals surface area contributed by atoms with Crippen molar-refractivity contribution in [2.24, 2.45) is 11.7 Å². The molecule has 1 aliphatic rings. The van der Waals surface area contributed by atoms with Crippen molar-refractivity contribution >= 4 is 23.4 Å². The molecule has 2 amide bonds. The second-order valence-electron chi connectivity index (χ2n) is 8.68. The summed E-state index contributed by atoms with van der Waals surface area (Å²) in [5, 5.41) is 14.2. The van der Waals surface area contributed by atoms with E-state index in [0.717, 1.165) is 28.2 Å². The number of nitriles is 1. The molecule has 2 N–H and O–H groups in total. The lowest BCUT2D eigenvalue weighted by Gasteiger charge is -2.30. The lowest BCUT2D eigenvalue weighted by Crippen LogP contribution is -2.41. The van der Waals surface area contributed by atoms with E-state index in [0.29, 0.717) is 48.5 Å². The molecule has 0 bridgehead atoms. The minimum atomic E-state index is -0.288. The molecule has 1 aliphatic heterocycles. The van der Waals surface area contributed by atoms with Crippen molar-refractivity contribution in [2.45, 2.75) is 33.1 Å². The van der Waals surface area contributed by atoms with Crippen LogP contribution in [-0.2, 0) is 11.2 Å². The van der Waals surface area contributed by atoms with Crippen LogP contribution >= 0.6 is 11.6 Å². The van der Waals surface area contributed by atoms with Gasteiger partial charge in [0.25, 0.3) is 5.91 Å². The predicted octanol–water partition coefficient (Wildman–Crippen LogP) is 3.94. The molecule has 0 saturated carbocycles. The van der Waals surface area contributed by atoms with Crippen LogP contribution in [-0.4, -0.2) is 39.6 Å². The van der Waals surface area contributed by atoms with Crippen molar-refractivity contribution in [1.29, 1.82) is 5.26 Å². The topological polar surface area (TPSA) is 105 Å². The zero-order valence-electron chi connectivity index (χ0n) is 19.2. The Morgan fingerprint density at radius 1 is 1.18 bits per heavy atom. The molecule has 174 valence electrons. The quantitative estimate of drug-likeness (QED) is 0.603. The Hall–Kier alpha value is -3.63. The summed E-state index contributed by atoms with van der Waals surface area (Å²) >= 11 is 6.22. The zero-order valence-corrected chi connectivity index (χ0v) is 20.0. The van der Waals surface area contributed by atoms with Gasteiger partial charge in [-0.3, -0.25) is 9.59 Å². The maximum atomic E-state index is 13.0. The van der Waals surface area contributed by atoms with Crippen LogP contribution < -0.4 is 5.73 Å². The molecule has 4 rings (SSSR count). The van der Waals surface area contributed by atoms with Gasteiger partial charge in [0.05, 0.1) is 22.0 Å². The minimum absolute atomic E-state index is 0.0267. The van der Waals surface area contributed by atoms with Gasteiger partial charge in [-0.25, -0.2) is 4.68 Å². The SMILES string of the molecule is Cc1nn(-c2ccc(C#N)c(Cl)c2)c(C)c1Cc1cccc(C(=O)N2CCC(C(N)=O)CC2)c1. The lowest BCUT2D eigenvalue weighted by molar-refractivity contribution is -0.123. The molecule has 0 radical (unpaired) electrons. The molecule has 34 heavy (non-hydrogen) atoms. The molecule has 0 unspecified atom stereocenters. The first-order chi connectivity index (χ1) is 16.3. The minimum Gasteiger partial charge on any atom is -0.369 e. The fourth-order valence-corrected chi connectivity index (χ4v) is 4.69. The number of piperidine rings is 1.